The van der Waals surface area contributed by atoms with Gasteiger partial charge in [0.25, 0.3) is 0 Å². The van der Waals surface area contributed by atoms with E-state index in [4.69, 9.17) is 7.85 Å². The van der Waals surface area contributed by atoms with Crippen LogP contribution in [-0.4, -0.2) is 18.0 Å². The van der Waals surface area contributed by atoms with Crippen molar-refractivity contribution in [3.05, 3.63) is 30.0 Å². The Bertz CT molecular complexity index is 440. The second kappa shape index (κ2) is 3.17. The lowest BCUT2D eigenvalue weighted by atomic mass is 9.95. The number of aromatic nitrogens is 2. The summed E-state index contributed by atoms with van der Waals surface area (Å²) in [5, 5.41) is 9.21. The highest BCUT2D eigenvalue weighted by atomic mass is 15.1. The van der Waals surface area contributed by atoms with Gasteiger partial charge in [-0.15, -0.1) is 0 Å². The van der Waals surface area contributed by atoms with Gasteiger partial charge in [-0.3, -0.25) is 0 Å². The van der Waals surface area contributed by atoms with Crippen molar-refractivity contribution < 1.29 is 0 Å². The second-order valence-corrected chi connectivity index (χ2v) is 3.01. The first kappa shape index (κ1) is 8.23. The van der Waals surface area contributed by atoms with E-state index < -0.39 is 0 Å². The first-order valence-corrected chi connectivity index (χ1v) is 4.31. The van der Waals surface area contributed by atoms with E-state index >= 15 is 0 Å². The Morgan fingerprint density at radius 1 is 1.23 bits per heavy atom. The monoisotopic (exact) mass is 168 g/mol. The maximum absolute atomic E-state index is 5.67. The van der Waals surface area contributed by atoms with Gasteiger partial charge in [0.2, 0.25) is 0 Å². The van der Waals surface area contributed by atoms with E-state index in [9.17, 15) is 0 Å². The fourth-order valence-electron chi connectivity index (χ4n) is 1.28. The highest BCUT2D eigenvalue weighted by Crippen LogP contribution is 2.09. The van der Waals surface area contributed by atoms with E-state index in [2.05, 4.69) is 17.1 Å². The SMILES string of the molecule is [B]c1ccc2nnc(CC)cc2c1. The molecule has 0 saturated carbocycles. The average molecular weight is 168 g/mol. The van der Waals surface area contributed by atoms with Crippen LogP contribution in [0.3, 0.4) is 0 Å². The van der Waals surface area contributed by atoms with Crippen molar-refractivity contribution in [3.63, 3.8) is 0 Å². The molecule has 0 fully saturated rings. The maximum atomic E-state index is 5.67. The zero-order valence-electron chi connectivity index (χ0n) is 7.49. The standard InChI is InChI=1S/C10H9BN2/c1-2-9-6-7-5-8(11)3-4-10(7)13-12-9/h3-6H,2H2,1H3. The third-order valence-corrected chi connectivity index (χ3v) is 2.02. The van der Waals surface area contributed by atoms with E-state index in [1.807, 2.05) is 24.3 Å². The Labute approximate surface area is 78.4 Å². The molecular formula is C10H9BN2. The van der Waals surface area contributed by atoms with Crippen LogP contribution < -0.4 is 5.46 Å². The minimum absolute atomic E-state index is 0.766. The van der Waals surface area contributed by atoms with Gasteiger partial charge in [-0.1, -0.05) is 24.5 Å². The van der Waals surface area contributed by atoms with Gasteiger partial charge in [-0.05, 0) is 18.6 Å². The Kier molecular flexibility index (Phi) is 2.01. The van der Waals surface area contributed by atoms with E-state index in [1.165, 1.54) is 0 Å². The van der Waals surface area contributed by atoms with Crippen LogP contribution in [0.5, 0.6) is 0 Å². The third-order valence-electron chi connectivity index (χ3n) is 2.02. The summed E-state index contributed by atoms with van der Waals surface area (Å²) in [6.07, 6.45) is 0.901. The number of nitrogens with zero attached hydrogens (tertiary/aromatic N) is 2. The van der Waals surface area contributed by atoms with Gasteiger partial charge in [-0.2, -0.15) is 10.2 Å². The summed E-state index contributed by atoms with van der Waals surface area (Å²) in [7, 11) is 5.67. The van der Waals surface area contributed by atoms with Crippen molar-refractivity contribution in [2.75, 3.05) is 0 Å². The van der Waals surface area contributed by atoms with Crippen LogP contribution in [0.2, 0.25) is 0 Å². The van der Waals surface area contributed by atoms with E-state index in [0.29, 0.717) is 0 Å². The summed E-state index contributed by atoms with van der Waals surface area (Å²) in [5.41, 5.74) is 2.66. The highest BCUT2D eigenvalue weighted by molar-refractivity contribution is 6.33. The van der Waals surface area contributed by atoms with Crippen LogP contribution in [0.4, 0.5) is 0 Å². The average Bonchev–Trinajstić information content (AvgIpc) is 2.16. The van der Waals surface area contributed by atoms with Crippen LogP contribution in [0, 0.1) is 0 Å². The van der Waals surface area contributed by atoms with Gasteiger partial charge in [0.1, 0.15) is 7.85 Å². The van der Waals surface area contributed by atoms with Gasteiger partial charge >= 0.3 is 0 Å². The molecule has 0 unspecified atom stereocenters. The molecular weight excluding hydrogens is 159 g/mol. The molecule has 0 amide bonds. The molecule has 1 aromatic heterocycles. The van der Waals surface area contributed by atoms with Crippen molar-refractivity contribution in [3.8, 4) is 0 Å². The normalized spacial score (nSPS) is 10.5. The first-order chi connectivity index (χ1) is 6.29. The second-order valence-electron chi connectivity index (χ2n) is 3.01. The van der Waals surface area contributed by atoms with Crippen LogP contribution >= 0.6 is 0 Å². The van der Waals surface area contributed by atoms with Gasteiger partial charge in [0.15, 0.2) is 0 Å². The lowest BCUT2D eigenvalue weighted by Gasteiger charge is -1.99. The van der Waals surface area contributed by atoms with Crippen LogP contribution in [-0.2, 0) is 6.42 Å². The quantitative estimate of drug-likeness (QED) is 0.593. The molecule has 0 bridgehead atoms. The van der Waals surface area contributed by atoms with Crippen molar-refractivity contribution in [2.24, 2.45) is 0 Å². The largest absolute Gasteiger partial charge is 0.155 e. The summed E-state index contributed by atoms with van der Waals surface area (Å²) >= 11 is 0. The summed E-state index contributed by atoms with van der Waals surface area (Å²) in [6, 6.07) is 7.67. The predicted octanol–water partition coefficient (Wildman–Crippen LogP) is 0.986. The van der Waals surface area contributed by atoms with Gasteiger partial charge in [0, 0.05) is 5.39 Å². The minimum Gasteiger partial charge on any atom is -0.155 e. The molecule has 0 aliphatic heterocycles. The number of rotatable bonds is 1. The lowest BCUT2D eigenvalue weighted by molar-refractivity contribution is 0.945. The molecule has 0 aliphatic rings. The summed E-state index contributed by atoms with van der Waals surface area (Å²) in [6.45, 7) is 2.06. The van der Waals surface area contributed by atoms with Gasteiger partial charge < -0.3 is 0 Å². The molecule has 13 heavy (non-hydrogen) atoms. The maximum Gasteiger partial charge on any atom is 0.113 e. The number of fused-ring (bicyclic) bond motifs is 1. The molecule has 1 heterocycles. The molecule has 0 spiro atoms. The summed E-state index contributed by atoms with van der Waals surface area (Å²) in [4.78, 5) is 0. The summed E-state index contributed by atoms with van der Waals surface area (Å²) < 4.78 is 0. The molecule has 2 aromatic rings. The fourth-order valence-corrected chi connectivity index (χ4v) is 1.28. The number of aryl methyl sites for hydroxylation is 1. The van der Waals surface area contributed by atoms with Crippen LogP contribution in [0.1, 0.15) is 12.6 Å². The Morgan fingerprint density at radius 2 is 2.08 bits per heavy atom. The molecule has 3 heteroatoms. The molecule has 2 rings (SSSR count). The Balaban J connectivity index is 2.68. The van der Waals surface area contributed by atoms with E-state index in [1.54, 1.807) is 0 Å². The van der Waals surface area contributed by atoms with Crippen molar-refractivity contribution in [2.45, 2.75) is 13.3 Å². The van der Waals surface area contributed by atoms with Crippen molar-refractivity contribution >= 4 is 24.2 Å². The smallest absolute Gasteiger partial charge is 0.113 e. The lowest BCUT2D eigenvalue weighted by Crippen LogP contribution is -2.01. The van der Waals surface area contributed by atoms with E-state index in [0.717, 1.165) is 28.5 Å². The van der Waals surface area contributed by atoms with Crippen LogP contribution in [0.15, 0.2) is 24.3 Å². The van der Waals surface area contributed by atoms with Crippen LogP contribution in [0.25, 0.3) is 10.9 Å². The zero-order chi connectivity index (χ0) is 9.26. The van der Waals surface area contributed by atoms with Crippen molar-refractivity contribution in [1.82, 2.24) is 10.2 Å². The summed E-state index contributed by atoms with van der Waals surface area (Å²) in [5.74, 6) is 0. The van der Waals surface area contributed by atoms with Gasteiger partial charge in [0.05, 0.1) is 11.2 Å². The fraction of sp³-hybridized carbons (Fsp3) is 0.200. The molecule has 62 valence electrons. The van der Waals surface area contributed by atoms with Gasteiger partial charge in [-0.25, -0.2) is 0 Å². The van der Waals surface area contributed by atoms with Crippen molar-refractivity contribution in [1.29, 1.82) is 0 Å². The predicted molar refractivity (Wildman–Crippen MR) is 54.3 cm³/mol. The molecule has 0 saturated heterocycles. The minimum atomic E-state index is 0.766. The Morgan fingerprint density at radius 3 is 2.85 bits per heavy atom. The Hall–Kier alpha value is -1.38. The molecule has 0 atom stereocenters. The molecule has 0 N–H and O–H groups in total. The first-order valence-electron chi connectivity index (χ1n) is 4.31. The number of benzene rings is 1. The zero-order valence-corrected chi connectivity index (χ0v) is 7.49. The number of hydrogen-bond acceptors (Lipinski definition) is 2. The molecule has 2 radical (unpaired) electrons. The molecule has 2 nitrogen and oxygen atoms in total. The molecule has 0 aliphatic carbocycles. The molecule has 1 aromatic carbocycles. The number of hydrogen-bond donors (Lipinski definition) is 0. The third kappa shape index (κ3) is 1.54. The highest BCUT2D eigenvalue weighted by Gasteiger charge is 1.97. The van der Waals surface area contributed by atoms with E-state index in [-0.39, 0.29) is 0 Å². The topological polar surface area (TPSA) is 25.8 Å².